The number of carbonyl (C=O) groups is 1. The van der Waals surface area contributed by atoms with Gasteiger partial charge in [0.25, 0.3) is 0 Å². The molecule has 0 saturated heterocycles. The van der Waals surface area contributed by atoms with Crippen LogP contribution in [0.3, 0.4) is 0 Å². The highest BCUT2D eigenvalue weighted by Crippen LogP contribution is 2.22. The summed E-state index contributed by atoms with van der Waals surface area (Å²) in [6, 6.07) is 0. The number of thioether (sulfide) groups is 1. The van der Waals surface area contributed by atoms with Crippen molar-refractivity contribution in [3.63, 3.8) is 0 Å². The highest BCUT2D eigenvalue weighted by Gasteiger charge is 2.15. The molecule has 0 spiro atoms. The molecule has 0 bridgehead atoms. The van der Waals surface area contributed by atoms with Crippen LogP contribution in [-0.2, 0) is 10.5 Å². The number of ether oxygens (including phenoxy) is 1. The average molecular weight is 245 g/mol. The molecule has 0 aromatic carbocycles. The third kappa shape index (κ3) is 3.50. The predicted molar refractivity (Wildman–Crippen MR) is 64.6 cm³/mol. The van der Waals surface area contributed by atoms with Crippen LogP contribution in [-0.4, -0.2) is 23.8 Å². The zero-order valence-corrected chi connectivity index (χ0v) is 10.8. The molecule has 0 fully saturated rings. The standard InChI is InChI=1S/C10H15NO2S2/c1-4-5-14-6-8-11-7(2)9(15-8)10(12)13-3/h4-6H2,1-3H3. The lowest BCUT2D eigenvalue weighted by Crippen LogP contribution is -1.99. The molecule has 0 aliphatic carbocycles. The van der Waals surface area contributed by atoms with Gasteiger partial charge in [-0.2, -0.15) is 11.8 Å². The van der Waals surface area contributed by atoms with Crippen LogP contribution in [0, 0.1) is 6.92 Å². The molecule has 1 heterocycles. The summed E-state index contributed by atoms with van der Waals surface area (Å²) >= 11 is 3.28. The summed E-state index contributed by atoms with van der Waals surface area (Å²) in [6.07, 6.45) is 1.17. The number of carbonyl (C=O) groups excluding carboxylic acids is 1. The summed E-state index contributed by atoms with van der Waals surface area (Å²) in [6.45, 7) is 4.00. The lowest BCUT2D eigenvalue weighted by Gasteiger charge is -1.94. The Kier molecular flexibility index (Phi) is 5.11. The third-order valence-corrected chi connectivity index (χ3v) is 4.28. The van der Waals surface area contributed by atoms with E-state index in [1.165, 1.54) is 24.9 Å². The summed E-state index contributed by atoms with van der Waals surface area (Å²) in [4.78, 5) is 16.3. The van der Waals surface area contributed by atoms with Crippen LogP contribution in [0.25, 0.3) is 0 Å². The number of hydrogen-bond donors (Lipinski definition) is 0. The molecule has 84 valence electrons. The molecule has 1 aromatic rings. The summed E-state index contributed by atoms with van der Waals surface area (Å²) in [5.41, 5.74) is 0.777. The van der Waals surface area contributed by atoms with Crippen molar-refractivity contribution in [3.8, 4) is 0 Å². The monoisotopic (exact) mass is 245 g/mol. The van der Waals surface area contributed by atoms with Gasteiger partial charge in [-0.3, -0.25) is 0 Å². The van der Waals surface area contributed by atoms with Crippen molar-refractivity contribution in [2.75, 3.05) is 12.9 Å². The lowest BCUT2D eigenvalue weighted by atomic mass is 10.4. The fraction of sp³-hybridized carbons (Fsp3) is 0.600. The van der Waals surface area contributed by atoms with Gasteiger partial charge in [-0.25, -0.2) is 9.78 Å². The van der Waals surface area contributed by atoms with E-state index < -0.39 is 0 Å². The van der Waals surface area contributed by atoms with E-state index in [-0.39, 0.29) is 5.97 Å². The van der Waals surface area contributed by atoms with Crippen molar-refractivity contribution in [2.45, 2.75) is 26.0 Å². The van der Waals surface area contributed by atoms with Gasteiger partial charge in [-0.1, -0.05) is 6.92 Å². The Morgan fingerprint density at radius 3 is 2.93 bits per heavy atom. The van der Waals surface area contributed by atoms with Gasteiger partial charge in [-0.05, 0) is 19.1 Å². The second-order valence-electron chi connectivity index (χ2n) is 3.07. The van der Waals surface area contributed by atoms with Crippen LogP contribution in [0.4, 0.5) is 0 Å². The zero-order chi connectivity index (χ0) is 11.3. The molecular weight excluding hydrogens is 230 g/mol. The Bertz CT molecular complexity index is 336. The fourth-order valence-electron chi connectivity index (χ4n) is 1.10. The Morgan fingerprint density at radius 1 is 1.60 bits per heavy atom. The number of rotatable bonds is 5. The molecule has 15 heavy (non-hydrogen) atoms. The van der Waals surface area contributed by atoms with Gasteiger partial charge in [0.2, 0.25) is 0 Å². The fourth-order valence-corrected chi connectivity index (χ4v) is 3.04. The highest BCUT2D eigenvalue weighted by atomic mass is 32.2. The Balaban J connectivity index is 2.64. The van der Waals surface area contributed by atoms with E-state index in [2.05, 4.69) is 16.6 Å². The van der Waals surface area contributed by atoms with Crippen LogP contribution in [0.5, 0.6) is 0 Å². The number of hydrogen-bond acceptors (Lipinski definition) is 5. The molecular formula is C10H15NO2S2. The van der Waals surface area contributed by atoms with Gasteiger partial charge in [0.15, 0.2) is 0 Å². The number of aromatic nitrogens is 1. The van der Waals surface area contributed by atoms with Gasteiger partial charge in [0, 0.05) is 5.75 Å². The Hall–Kier alpha value is -0.550. The number of thiazole rings is 1. The first-order valence-electron chi connectivity index (χ1n) is 4.81. The quantitative estimate of drug-likeness (QED) is 0.590. The Morgan fingerprint density at radius 2 is 2.33 bits per heavy atom. The van der Waals surface area contributed by atoms with E-state index in [1.54, 1.807) is 0 Å². The van der Waals surface area contributed by atoms with Gasteiger partial charge < -0.3 is 4.74 Å². The minimum Gasteiger partial charge on any atom is -0.465 e. The average Bonchev–Trinajstić information content (AvgIpc) is 2.59. The molecule has 0 aliphatic rings. The minimum absolute atomic E-state index is 0.281. The van der Waals surface area contributed by atoms with E-state index in [9.17, 15) is 4.79 Å². The van der Waals surface area contributed by atoms with Crippen molar-refractivity contribution >= 4 is 29.1 Å². The number of aryl methyl sites for hydroxylation is 1. The first-order valence-corrected chi connectivity index (χ1v) is 6.78. The van der Waals surface area contributed by atoms with E-state index in [0.717, 1.165) is 22.2 Å². The predicted octanol–water partition coefficient (Wildman–Crippen LogP) is 2.88. The molecule has 1 aromatic heterocycles. The smallest absolute Gasteiger partial charge is 0.349 e. The zero-order valence-electron chi connectivity index (χ0n) is 9.20. The van der Waals surface area contributed by atoms with Crippen LogP contribution in [0.15, 0.2) is 0 Å². The van der Waals surface area contributed by atoms with E-state index in [1.807, 2.05) is 18.7 Å². The van der Waals surface area contributed by atoms with Crippen LogP contribution < -0.4 is 0 Å². The molecule has 0 aliphatic heterocycles. The maximum Gasteiger partial charge on any atom is 0.349 e. The lowest BCUT2D eigenvalue weighted by molar-refractivity contribution is 0.0605. The van der Waals surface area contributed by atoms with Crippen LogP contribution >= 0.6 is 23.1 Å². The first kappa shape index (κ1) is 12.5. The molecule has 0 amide bonds. The van der Waals surface area contributed by atoms with E-state index in [0.29, 0.717) is 4.88 Å². The molecule has 0 unspecified atom stereocenters. The van der Waals surface area contributed by atoms with Crippen molar-refractivity contribution in [1.82, 2.24) is 4.98 Å². The SMILES string of the molecule is CCCSCc1nc(C)c(C(=O)OC)s1. The molecule has 5 heteroatoms. The van der Waals surface area contributed by atoms with Gasteiger partial charge >= 0.3 is 5.97 Å². The maximum atomic E-state index is 11.3. The molecule has 3 nitrogen and oxygen atoms in total. The summed E-state index contributed by atoms with van der Waals surface area (Å²) in [5.74, 6) is 1.74. The van der Waals surface area contributed by atoms with Gasteiger partial charge in [0.05, 0.1) is 12.8 Å². The third-order valence-electron chi connectivity index (χ3n) is 1.79. The van der Waals surface area contributed by atoms with Gasteiger partial charge in [0.1, 0.15) is 9.88 Å². The molecule has 0 radical (unpaired) electrons. The molecule has 1 rings (SSSR count). The summed E-state index contributed by atoms with van der Waals surface area (Å²) in [7, 11) is 1.40. The Labute approximate surface area is 98.2 Å². The number of esters is 1. The normalized spacial score (nSPS) is 10.3. The van der Waals surface area contributed by atoms with Crippen LogP contribution in [0.1, 0.15) is 33.7 Å². The molecule has 0 saturated carbocycles. The molecule has 0 atom stereocenters. The number of methoxy groups -OCH3 is 1. The van der Waals surface area contributed by atoms with Gasteiger partial charge in [-0.15, -0.1) is 11.3 Å². The van der Waals surface area contributed by atoms with Crippen LogP contribution in [0.2, 0.25) is 0 Å². The highest BCUT2D eigenvalue weighted by molar-refractivity contribution is 7.98. The molecule has 0 N–H and O–H groups in total. The van der Waals surface area contributed by atoms with E-state index >= 15 is 0 Å². The summed E-state index contributed by atoms with van der Waals surface area (Å²) in [5, 5.41) is 1.01. The number of nitrogens with zero attached hydrogens (tertiary/aromatic N) is 1. The van der Waals surface area contributed by atoms with E-state index in [4.69, 9.17) is 0 Å². The van der Waals surface area contributed by atoms with Crippen molar-refractivity contribution in [2.24, 2.45) is 0 Å². The minimum atomic E-state index is -0.281. The first-order chi connectivity index (χ1) is 7.19. The topological polar surface area (TPSA) is 39.2 Å². The maximum absolute atomic E-state index is 11.3. The van der Waals surface area contributed by atoms with Crippen molar-refractivity contribution < 1.29 is 9.53 Å². The second-order valence-corrected chi connectivity index (χ2v) is 5.26. The van der Waals surface area contributed by atoms with Crippen molar-refractivity contribution in [3.05, 3.63) is 15.6 Å². The summed E-state index contributed by atoms with van der Waals surface area (Å²) < 4.78 is 4.68. The second kappa shape index (κ2) is 6.12. The van der Waals surface area contributed by atoms with Crippen molar-refractivity contribution in [1.29, 1.82) is 0 Å². The largest absolute Gasteiger partial charge is 0.465 e.